The Labute approximate surface area is 237 Å². The van der Waals surface area contributed by atoms with Crippen LogP contribution >= 0.6 is 23.2 Å². The smallest absolute Gasteiger partial charge is 0.395 e. The second-order valence-corrected chi connectivity index (χ2v) is 9.60. The Morgan fingerprint density at radius 2 is 1.82 bits per heavy atom. The van der Waals surface area contributed by atoms with Crippen LogP contribution in [0.5, 0.6) is 0 Å². The number of pyridine rings is 1. The van der Waals surface area contributed by atoms with E-state index in [1.165, 1.54) is 31.3 Å². The molecule has 6 N–H and O–H groups in total. The third kappa shape index (κ3) is 7.48. The monoisotopic (exact) mass is 596 g/mol. The Morgan fingerprint density at radius 3 is 2.42 bits per heavy atom. The number of carbonyl (C=O) groups is 2. The average Bonchev–Trinajstić information content (AvgIpc) is 2.85. The molecule has 1 unspecified atom stereocenters. The summed E-state index contributed by atoms with van der Waals surface area (Å²) in [5.41, 5.74) is 3.14. The van der Waals surface area contributed by atoms with Crippen molar-refractivity contribution in [1.82, 2.24) is 10.3 Å². The van der Waals surface area contributed by atoms with Gasteiger partial charge in [-0.15, -0.1) is 0 Å². The van der Waals surface area contributed by atoms with Gasteiger partial charge in [-0.1, -0.05) is 35.3 Å². The summed E-state index contributed by atoms with van der Waals surface area (Å²) in [6, 6.07) is 8.96. The first-order chi connectivity index (χ1) is 18.7. The Hall–Kier alpha value is -3.71. The van der Waals surface area contributed by atoms with Crippen molar-refractivity contribution in [3.05, 3.63) is 70.0 Å². The van der Waals surface area contributed by atoms with E-state index >= 15 is 0 Å². The van der Waals surface area contributed by atoms with Gasteiger partial charge in [0.05, 0.1) is 15.7 Å². The zero-order valence-corrected chi connectivity index (χ0v) is 22.9. The van der Waals surface area contributed by atoms with E-state index in [2.05, 4.69) is 25.9 Å². The number of alkyl halides is 3. The van der Waals surface area contributed by atoms with Gasteiger partial charge in [0.1, 0.15) is 17.6 Å². The lowest BCUT2D eigenvalue weighted by Crippen LogP contribution is -2.30. The number of aliphatic hydroxyl groups is 1. The molecule has 9 nitrogen and oxygen atoms in total. The summed E-state index contributed by atoms with van der Waals surface area (Å²) in [5, 5.41) is 19.7. The molecule has 0 fully saturated rings. The molecule has 14 heteroatoms. The van der Waals surface area contributed by atoms with Crippen molar-refractivity contribution in [1.29, 1.82) is 0 Å². The van der Waals surface area contributed by atoms with Crippen LogP contribution in [0.15, 0.2) is 59.4 Å². The Bertz CT molecular complexity index is 1510. The number of aliphatic hydroxyl groups excluding tert-OH is 1. The molecule has 2 aromatic carbocycles. The number of anilines is 2. The number of aliphatic imine (C=N–C) groups is 1. The van der Waals surface area contributed by atoms with Crippen LogP contribution in [0.3, 0.4) is 0 Å². The zero-order valence-electron chi connectivity index (χ0n) is 21.4. The summed E-state index contributed by atoms with van der Waals surface area (Å²) in [6.45, 7) is 4.85. The van der Waals surface area contributed by atoms with Gasteiger partial charge in [-0.05, 0) is 44.2 Å². The van der Waals surface area contributed by atoms with Crippen molar-refractivity contribution in [2.75, 3.05) is 10.6 Å². The van der Waals surface area contributed by atoms with Crippen molar-refractivity contribution in [3.8, 4) is 0 Å². The number of nitrogens with one attached hydrogen (secondary N) is 3. The fraction of sp³-hybridized carbons (Fsp3) is 0.231. The van der Waals surface area contributed by atoms with E-state index in [-0.39, 0.29) is 39.1 Å². The van der Waals surface area contributed by atoms with Gasteiger partial charge in [-0.25, -0.2) is 9.98 Å². The lowest BCUT2D eigenvalue weighted by Gasteiger charge is -2.22. The summed E-state index contributed by atoms with van der Waals surface area (Å²) in [4.78, 5) is 32.9. The lowest BCUT2D eigenvalue weighted by atomic mass is 10.0. The maximum atomic E-state index is 13.4. The van der Waals surface area contributed by atoms with E-state index in [0.717, 1.165) is 0 Å². The minimum Gasteiger partial charge on any atom is -0.395 e. The summed E-state index contributed by atoms with van der Waals surface area (Å²) in [5.74, 6) is -1.73. The number of aromatic nitrogens is 1. The molecular formula is C26H25Cl2F3N6O3. The highest BCUT2D eigenvalue weighted by molar-refractivity contribution is 6.49. The van der Waals surface area contributed by atoms with Crippen LogP contribution < -0.4 is 21.7 Å². The molecule has 3 rings (SSSR count). The van der Waals surface area contributed by atoms with Gasteiger partial charge in [-0.2, -0.15) is 13.2 Å². The molecule has 1 aromatic heterocycles. The van der Waals surface area contributed by atoms with Crippen LogP contribution in [0.25, 0.3) is 10.8 Å². The van der Waals surface area contributed by atoms with E-state index in [4.69, 9.17) is 28.9 Å². The first-order valence-electron chi connectivity index (χ1n) is 11.7. The SMILES string of the molecule is CC(=O)Nc1cccc2c(Cl)c(NC(=O)C(C=C(N)C(F)(F)F)=Nc3ncccc3Cl)c(C(O)NC(C)C)cc12. The van der Waals surface area contributed by atoms with Crippen LogP contribution in [0, 0.1) is 0 Å². The largest absolute Gasteiger partial charge is 0.430 e. The fourth-order valence-corrected chi connectivity index (χ4v) is 4.06. The number of allylic oxidation sites excluding steroid dienone is 1. The summed E-state index contributed by atoms with van der Waals surface area (Å²) in [6.07, 6.45) is -4.72. The topological polar surface area (TPSA) is 142 Å². The molecule has 0 aliphatic rings. The van der Waals surface area contributed by atoms with Crippen LogP contribution in [0.1, 0.15) is 32.6 Å². The van der Waals surface area contributed by atoms with Gasteiger partial charge < -0.3 is 21.5 Å². The van der Waals surface area contributed by atoms with E-state index in [1.54, 1.807) is 32.0 Å². The molecule has 0 radical (unpaired) electrons. The number of rotatable bonds is 8. The van der Waals surface area contributed by atoms with Crippen LogP contribution in [-0.2, 0) is 9.59 Å². The number of benzene rings is 2. The standard InChI is InChI=1S/C26H25Cl2F3N6O3/c1-12(2)34-24(39)16-10-15-14(6-4-8-18(15)35-13(3)38)21(28)22(16)37-25(40)19(11-20(32)26(29,30)31)36-23-17(27)7-5-9-33-23/h4-12,24,34,39H,32H2,1-3H3,(H,35,38)(H,37,40). The number of hydrogen-bond acceptors (Lipinski definition) is 7. The number of hydrogen-bond donors (Lipinski definition) is 5. The van der Waals surface area contributed by atoms with Crippen LogP contribution in [0.2, 0.25) is 10.0 Å². The summed E-state index contributed by atoms with van der Waals surface area (Å²) < 4.78 is 39.8. The number of halogens is 5. The predicted octanol–water partition coefficient (Wildman–Crippen LogP) is 5.61. The molecular weight excluding hydrogens is 572 g/mol. The summed E-state index contributed by atoms with van der Waals surface area (Å²) in [7, 11) is 0. The molecule has 0 aliphatic heterocycles. The van der Waals surface area contributed by atoms with Crippen molar-refractivity contribution in [2.45, 2.75) is 39.2 Å². The molecule has 212 valence electrons. The predicted molar refractivity (Wildman–Crippen MR) is 150 cm³/mol. The van der Waals surface area contributed by atoms with Crippen molar-refractivity contribution in [2.24, 2.45) is 10.7 Å². The maximum absolute atomic E-state index is 13.4. The fourth-order valence-electron chi connectivity index (χ4n) is 3.58. The first-order valence-corrected chi connectivity index (χ1v) is 12.5. The van der Waals surface area contributed by atoms with Gasteiger partial charge in [-0.3, -0.25) is 14.9 Å². The van der Waals surface area contributed by atoms with Crippen LogP contribution in [-0.4, -0.2) is 39.8 Å². The van der Waals surface area contributed by atoms with Crippen LogP contribution in [0.4, 0.5) is 30.4 Å². The van der Waals surface area contributed by atoms with E-state index in [1.807, 2.05) is 0 Å². The molecule has 0 aliphatic carbocycles. The van der Waals surface area contributed by atoms with Gasteiger partial charge >= 0.3 is 6.18 Å². The van der Waals surface area contributed by atoms with Gasteiger partial charge in [0, 0.05) is 41.2 Å². The van der Waals surface area contributed by atoms with Gasteiger partial charge in [0.15, 0.2) is 5.82 Å². The molecule has 40 heavy (non-hydrogen) atoms. The number of nitrogens with two attached hydrogens (primary N) is 1. The quantitative estimate of drug-likeness (QED) is 0.169. The Balaban J connectivity index is 2.22. The summed E-state index contributed by atoms with van der Waals surface area (Å²) >= 11 is 12.7. The molecule has 2 amide bonds. The third-order valence-electron chi connectivity index (χ3n) is 5.30. The molecule has 0 spiro atoms. The lowest BCUT2D eigenvalue weighted by molar-refractivity contribution is -0.114. The van der Waals surface area contributed by atoms with Gasteiger partial charge in [0.25, 0.3) is 5.91 Å². The molecule has 1 heterocycles. The minimum absolute atomic E-state index is 0.0294. The minimum atomic E-state index is -4.96. The van der Waals surface area contributed by atoms with E-state index in [9.17, 15) is 27.9 Å². The zero-order chi connectivity index (χ0) is 29.8. The highest BCUT2D eigenvalue weighted by Gasteiger charge is 2.33. The number of amides is 2. The second kappa shape index (κ2) is 12.6. The number of fused-ring (bicyclic) bond motifs is 1. The van der Waals surface area contributed by atoms with Crippen molar-refractivity contribution < 1.29 is 27.9 Å². The van der Waals surface area contributed by atoms with E-state index in [0.29, 0.717) is 22.5 Å². The number of nitrogens with zero attached hydrogens (tertiary/aromatic N) is 2. The second-order valence-electron chi connectivity index (χ2n) is 8.82. The highest BCUT2D eigenvalue weighted by Crippen LogP contribution is 2.40. The highest BCUT2D eigenvalue weighted by atomic mass is 35.5. The van der Waals surface area contributed by atoms with Crippen molar-refractivity contribution in [3.63, 3.8) is 0 Å². The van der Waals surface area contributed by atoms with Crippen molar-refractivity contribution >= 4 is 68.7 Å². The molecule has 1 atom stereocenters. The Kier molecular flexibility index (Phi) is 9.74. The molecule has 0 bridgehead atoms. The van der Waals surface area contributed by atoms with E-state index < -0.39 is 29.7 Å². The Morgan fingerprint density at radius 1 is 1.12 bits per heavy atom. The van der Waals surface area contributed by atoms with Gasteiger partial charge in [0.2, 0.25) is 5.91 Å². The average molecular weight is 597 g/mol. The third-order valence-corrected chi connectivity index (χ3v) is 5.99. The normalized spacial score (nSPS) is 13.4. The molecule has 0 saturated heterocycles. The number of carbonyl (C=O) groups excluding carboxylic acids is 2. The molecule has 3 aromatic rings. The maximum Gasteiger partial charge on any atom is 0.430 e. The molecule has 0 saturated carbocycles. The first kappa shape index (κ1) is 30.8.